The average Bonchev–Trinajstić information content (AvgIpc) is 2.89. The van der Waals surface area contributed by atoms with Gasteiger partial charge in [-0.05, 0) is 18.9 Å². The fraction of sp³-hybridized carbons (Fsp3) is 0.333. The maximum Gasteiger partial charge on any atom is 0.224 e. The van der Waals surface area contributed by atoms with Crippen molar-refractivity contribution in [2.75, 3.05) is 5.32 Å². The lowest BCUT2D eigenvalue weighted by molar-refractivity contribution is 1.05. The summed E-state index contributed by atoms with van der Waals surface area (Å²) in [5.74, 6) is 3.12. The summed E-state index contributed by atoms with van der Waals surface area (Å²) in [5.41, 5.74) is 0.633. The van der Waals surface area contributed by atoms with E-state index >= 15 is 0 Å². The third kappa shape index (κ3) is 1.54. The van der Waals surface area contributed by atoms with Gasteiger partial charge in [0.05, 0.1) is 0 Å². The quantitative estimate of drug-likeness (QED) is 0.655. The number of rotatable bonds is 2. The highest BCUT2D eigenvalue weighted by molar-refractivity contribution is 5.33. The Kier molecular flexibility index (Phi) is 1.67. The summed E-state index contributed by atoms with van der Waals surface area (Å²) in [4.78, 5) is 8.16. The molecule has 0 saturated heterocycles. The molecule has 0 bridgehead atoms. The summed E-state index contributed by atoms with van der Waals surface area (Å²) in [7, 11) is 0. The Hall–Kier alpha value is -1.56. The van der Waals surface area contributed by atoms with E-state index in [1.807, 2.05) is 0 Å². The lowest BCUT2D eigenvalue weighted by atomic mass is 10.4. The molecule has 3 nitrogen and oxygen atoms in total. The van der Waals surface area contributed by atoms with Gasteiger partial charge in [0.1, 0.15) is 5.69 Å². The van der Waals surface area contributed by atoms with Crippen LogP contribution in [0.4, 0.5) is 5.95 Å². The van der Waals surface area contributed by atoms with Crippen LogP contribution in [0.25, 0.3) is 0 Å². The Balaban J connectivity index is 2.15. The molecular formula is C9H9N3. The molecule has 0 spiro atoms. The molecule has 1 aromatic heterocycles. The normalized spacial score (nSPS) is 15.2. The molecule has 1 heterocycles. The monoisotopic (exact) mass is 159 g/mol. The lowest BCUT2D eigenvalue weighted by Crippen LogP contribution is -2.05. The molecular weight excluding hydrogens is 150 g/mol. The van der Waals surface area contributed by atoms with Crippen LogP contribution in [0.2, 0.25) is 0 Å². The van der Waals surface area contributed by atoms with Gasteiger partial charge in [-0.2, -0.15) is 0 Å². The van der Waals surface area contributed by atoms with Crippen LogP contribution < -0.4 is 5.32 Å². The Labute approximate surface area is 71.2 Å². The van der Waals surface area contributed by atoms with E-state index in [0.717, 1.165) is 0 Å². The first-order valence-electron chi connectivity index (χ1n) is 3.94. The maximum absolute atomic E-state index is 5.20. The first-order valence-corrected chi connectivity index (χ1v) is 3.94. The van der Waals surface area contributed by atoms with E-state index in [2.05, 4.69) is 21.2 Å². The SMILES string of the molecule is C#Cc1ccnc(NC2CC2)n1. The second-order valence-corrected chi connectivity index (χ2v) is 2.83. The number of hydrogen-bond donors (Lipinski definition) is 1. The van der Waals surface area contributed by atoms with Crippen molar-refractivity contribution in [3.05, 3.63) is 18.0 Å². The molecule has 0 unspecified atom stereocenters. The molecule has 12 heavy (non-hydrogen) atoms. The van der Waals surface area contributed by atoms with Gasteiger partial charge in [0.15, 0.2) is 0 Å². The predicted molar refractivity (Wildman–Crippen MR) is 46.6 cm³/mol. The highest BCUT2D eigenvalue weighted by atomic mass is 15.1. The van der Waals surface area contributed by atoms with E-state index in [1.54, 1.807) is 12.3 Å². The summed E-state index contributed by atoms with van der Waals surface area (Å²) >= 11 is 0. The molecule has 0 aromatic carbocycles. The van der Waals surface area contributed by atoms with Crippen LogP contribution >= 0.6 is 0 Å². The van der Waals surface area contributed by atoms with E-state index in [4.69, 9.17) is 6.42 Å². The van der Waals surface area contributed by atoms with Crippen molar-refractivity contribution in [1.29, 1.82) is 0 Å². The minimum atomic E-state index is 0.568. The van der Waals surface area contributed by atoms with Crippen LogP contribution in [-0.4, -0.2) is 16.0 Å². The van der Waals surface area contributed by atoms with Gasteiger partial charge in [-0.1, -0.05) is 5.92 Å². The third-order valence-electron chi connectivity index (χ3n) is 1.71. The minimum absolute atomic E-state index is 0.568. The van der Waals surface area contributed by atoms with Crippen molar-refractivity contribution in [2.24, 2.45) is 0 Å². The topological polar surface area (TPSA) is 37.8 Å². The van der Waals surface area contributed by atoms with Gasteiger partial charge in [0, 0.05) is 12.2 Å². The van der Waals surface area contributed by atoms with Crippen molar-refractivity contribution in [2.45, 2.75) is 18.9 Å². The van der Waals surface area contributed by atoms with Gasteiger partial charge in [-0.3, -0.25) is 0 Å². The van der Waals surface area contributed by atoms with E-state index in [0.29, 0.717) is 17.7 Å². The molecule has 1 aliphatic rings. The molecule has 3 heteroatoms. The van der Waals surface area contributed by atoms with E-state index < -0.39 is 0 Å². The maximum atomic E-state index is 5.20. The van der Waals surface area contributed by atoms with Crippen LogP contribution in [0.15, 0.2) is 12.3 Å². The molecule has 1 fully saturated rings. The van der Waals surface area contributed by atoms with Gasteiger partial charge in [-0.15, -0.1) is 6.42 Å². The molecule has 60 valence electrons. The molecule has 1 aromatic rings. The molecule has 1 aliphatic carbocycles. The van der Waals surface area contributed by atoms with Crippen molar-refractivity contribution in [3.63, 3.8) is 0 Å². The van der Waals surface area contributed by atoms with E-state index in [1.165, 1.54) is 12.8 Å². The molecule has 2 rings (SSSR count). The Bertz CT molecular complexity index is 323. The Morgan fingerprint density at radius 3 is 3.08 bits per heavy atom. The largest absolute Gasteiger partial charge is 0.351 e. The lowest BCUT2D eigenvalue weighted by Gasteiger charge is -2.00. The second-order valence-electron chi connectivity index (χ2n) is 2.83. The Morgan fingerprint density at radius 2 is 2.42 bits per heavy atom. The number of hydrogen-bond acceptors (Lipinski definition) is 3. The van der Waals surface area contributed by atoms with Crippen molar-refractivity contribution >= 4 is 5.95 Å². The van der Waals surface area contributed by atoms with Crippen LogP contribution in [0.3, 0.4) is 0 Å². The van der Waals surface area contributed by atoms with Crippen molar-refractivity contribution < 1.29 is 0 Å². The molecule has 0 aliphatic heterocycles. The summed E-state index contributed by atoms with van der Waals surface area (Å²) in [6.07, 6.45) is 9.29. The van der Waals surface area contributed by atoms with Gasteiger partial charge in [0.25, 0.3) is 0 Å². The summed E-state index contributed by atoms with van der Waals surface area (Å²) < 4.78 is 0. The number of nitrogens with zero attached hydrogens (tertiary/aromatic N) is 2. The number of aromatic nitrogens is 2. The van der Waals surface area contributed by atoms with Gasteiger partial charge in [-0.25, -0.2) is 9.97 Å². The molecule has 1 saturated carbocycles. The standard InChI is InChI=1S/C9H9N3/c1-2-7-5-6-10-9(11-7)12-8-3-4-8/h1,5-6,8H,3-4H2,(H,10,11,12). The number of anilines is 1. The molecule has 1 N–H and O–H groups in total. The number of nitrogens with one attached hydrogen (secondary N) is 1. The minimum Gasteiger partial charge on any atom is -0.351 e. The summed E-state index contributed by atoms with van der Waals surface area (Å²) in [6.45, 7) is 0. The smallest absolute Gasteiger partial charge is 0.224 e. The highest BCUT2D eigenvalue weighted by Gasteiger charge is 2.21. The van der Waals surface area contributed by atoms with Gasteiger partial charge in [0.2, 0.25) is 5.95 Å². The predicted octanol–water partition coefficient (Wildman–Crippen LogP) is 1.03. The Morgan fingerprint density at radius 1 is 1.58 bits per heavy atom. The zero-order valence-electron chi connectivity index (χ0n) is 6.62. The van der Waals surface area contributed by atoms with Crippen LogP contribution in [0.5, 0.6) is 0 Å². The summed E-state index contributed by atoms with van der Waals surface area (Å²) in [5, 5.41) is 3.17. The van der Waals surface area contributed by atoms with Crippen LogP contribution in [0, 0.1) is 12.3 Å². The third-order valence-corrected chi connectivity index (χ3v) is 1.71. The zero-order chi connectivity index (χ0) is 8.39. The second kappa shape index (κ2) is 2.82. The van der Waals surface area contributed by atoms with Gasteiger partial charge >= 0.3 is 0 Å². The number of terminal acetylenes is 1. The fourth-order valence-electron chi connectivity index (χ4n) is 0.919. The fourth-order valence-corrected chi connectivity index (χ4v) is 0.919. The van der Waals surface area contributed by atoms with Crippen LogP contribution in [0.1, 0.15) is 18.5 Å². The summed E-state index contributed by atoms with van der Waals surface area (Å²) in [6, 6.07) is 2.29. The molecule has 0 atom stereocenters. The first-order chi connectivity index (χ1) is 5.88. The van der Waals surface area contributed by atoms with Crippen LogP contribution in [-0.2, 0) is 0 Å². The first kappa shape index (κ1) is 7.11. The van der Waals surface area contributed by atoms with E-state index in [9.17, 15) is 0 Å². The van der Waals surface area contributed by atoms with Gasteiger partial charge < -0.3 is 5.32 Å². The molecule has 0 radical (unpaired) electrons. The average molecular weight is 159 g/mol. The van der Waals surface area contributed by atoms with Crippen molar-refractivity contribution in [3.8, 4) is 12.3 Å². The van der Waals surface area contributed by atoms with E-state index in [-0.39, 0.29) is 0 Å². The zero-order valence-corrected chi connectivity index (χ0v) is 6.62. The highest BCUT2D eigenvalue weighted by Crippen LogP contribution is 2.22. The van der Waals surface area contributed by atoms with Crippen molar-refractivity contribution in [1.82, 2.24) is 9.97 Å². The molecule has 0 amide bonds.